The minimum absolute atomic E-state index is 0.0367. The number of hydrogen-bond acceptors (Lipinski definition) is 6. The van der Waals surface area contributed by atoms with Crippen molar-refractivity contribution in [1.29, 1.82) is 0 Å². The molecule has 1 aliphatic rings. The summed E-state index contributed by atoms with van der Waals surface area (Å²) >= 11 is 0. The van der Waals surface area contributed by atoms with Gasteiger partial charge in [-0.05, 0) is 26.8 Å². The number of likely N-dealkylation sites (tertiary alicyclic amines) is 1. The monoisotopic (exact) mass is 385 g/mol. The normalized spacial score (nSPS) is 16.8. The van der Waals surface area contributed by atoms with E-state index in [1.807, 2.05) is 20.8 Å². The van der Waals surface area contributed by atoms with Crippen molar-refractivity contribution in [3.63, 3.8) is 0 Å². The van der Waals surface area contributed by atoms with Gasteiger partial charge in [0.05, 0.1) is 12.7 Å². The second-order valence-electron chi connectivity index (χ2n) is 7.40. The molecule has 0 bridgehead atoms. The van der Waals surface area contributed by atoms with Gasteiger partial charge in [-0.3, -0.25) is 0 Å². The zero-order chi connectivity index (χ0) is 20.2. The quantitative estimate of drug-likeness (QED) is 0.784. The lowest BCUT2D eigenvalue weighted by atomic mass is 10.1. The van der Waals surface area contributed by atoms with Crippen molar-refractivity contribution >= 4 is 6.09 Å². The zero-order valence-corrected chi connectivity index (χ0v) is 16.5. The van der Waals surface area contributed by atoms with E-state index < -0.39 is 17.7 Å². The predicted molar refractivity (Wildman–Crippen MR) is 96.4 cm³/mol. The number of carbonyl (C=O) groups is 1. The highest BCUT2D eigenvalue weighted by Crippen LogP contribution is 2.33. The van der Waals surface area contributed by atoms with Crippen LogP contribution in [0.3, 0.4) is 0 Å². The van der Waals surface area contributed by atoms with E-state index >= 15 is 0 Å². The SMILES string of the molecule is COc1cc(OC2CCN(C(=O)OC(C)(C)C)CC2)c(F)cc1C(O)OC. The van der Waals surface area contributed by atoms with Crippen LogP contribution in [0.25, 0.3) is 0 Å². The molecule has 0 aliphatic carbocycles. The topological polar surface area (TPSA) is 77.5 Å². The van der Waals surface area contributed by atoms with E-state index in [1.54, 1.807) is 4.90 Å². The summed E-state index contributed by atoms with van der Waals surface area (Å²) in [6, 6.07) is 2.53. The number of aliphatic hydroxyl groups excluding tert-OH is 1. The van der Waals surface area contributed by atoms with Gasteiger partial charge in [-0.1, -0.05) is 0 Å². The number of halogens is 1. The van der Waals surface area contributed by atoms with Crippen LogP contribution in [-0.4, -0.2) is 55.1 Å². The fraction of sp³-hybridized carbons (Fsp3) is 0.632. The summed E-state index contributed by atoms with van der Waals surface area (Å²) in [6.45, 7) is 6.40. The van der Waals surface area contributed by atoms with E-state index in [1.165, 1.54) is 20.3 Å². The van der Waals surface area contributed by atoms with Crippen LogP contribution in [-0.2, 0) is 9.47 Å². The molecule has 2 rings (SSSR count). The number of carbonyl (C=O) groups excluding carboxylic acids is 1. The van der Waals surface area contributed by atoms with E-state index in [4.69, 9.17) is 18.9 Å². The van der Waals surface area contributed by atoms with Gasteiger partial charge in [0, 0.05) is 39.1 Å². The average Bonchev–Trinajstić information content (AvgIpc) is 2.61. The first-order chi connectivity index (χ1) is 12.6. The van der Waals surface area contributed by atoms with Gasteiger partial charge < -0.3 is 29.0 Å². The fourth-order valence-corrected chi connectivity index (χ4v) is 2.80. The maximum absolute atomic E-state index is 14.4. The van der Waals surface area contributed by atoms with Crippen molar-refractivity contribution in [3.8, 4) is 11.5 Å². The zero-order valence-electron chi connectivity index (χ0n) is 16.5. The first kappa shape index (κ1) is 21.2. The Labute approximate surface area is 159 Å². The van der Waals surface area contributed by atoms with Gasteiger partial charge in [-0.2, -0.15) is 0 Å². The Balaban J connectivity index is 2.00. The molecule has 7 nitrogen and oxygen atoms in total. The Morgan fingerprint density at radius 3 is 2.37 bits per heavy atom. The van der Waals surface area contributed by atoms with Crippen LogP contribution < -0.4 is 9.47 Å². The van der Waals surface area contributed by atoms with Crippen LogP contribution in [0.1, 0.15) is 45.5 Å². The van der Waals surface area contributed by atoms with Gasteiger partial charge in [0.1, 0.15) is 17.5 Å². The molecule has 1 aliphatic heterocycles. The van der Waals surface area contributed by atoms with E-state index in [9.17, 15) is 14.3 Å². The van der Waals surface area contributed by atoms with Crippen molar-refractivity contribution in [2.75, 3.05) is 27.3 Å². The van der Waals surface area contributed by atoms with Crippen molar-refractivity contribution in [1.82, 2.24) is 4.90 Å². The van der Waals surface area contributed by atoms with Gasteiger partial charge in [0.25, 0.3) is 0 Å². The first-order valence-corrected chi connectivity index (χ1v) is 8.87. The largest absolute Gasteiger partial charge is 0.496 e. The van der Waals surface area contributed by atoms with Crippen LogP contribution in [0, 0.1) is 5.82 Å². The number of hydrogen-bond donors (Lipinski definition) is 1. The minimum atomic E-state index is -1.29. The molecule has 0 radical (unpaired) electrons. The molecular formula is C19H28FNO6. The summed E-state index contributed by atoms with van der Waals surface area (Å²) < 4.78 is 35.5. The number of amides is 1. The fourth-order valence-electron chi connectivity index (χ4n) is 2.80. The number of methoxy groups -OCH3 is 2. The average molecular weight is 385 g/mol. The number of benzene rings is 1. The van der Waals surface area contributed by atoms with Crippen molar-refractivity contribution < 1.29 is 33.2 Å². The summed E-state index contributed by atoms with van der Waals surface area (Å²) in [4.78, 5) is 13.7. The molecule has 1 N–H and O–H groups in total. The van der Waals surface area contributed by atoms with Crippen molar-refractivity contribution in [2.24, 2.45) is 0 Å². The Bertz CT molecular complexity index is 652. The molecule has 1 unspecified atom stereocenters. The van der Waals surface area contributed by atoms with Crippen LogP contribution in [0.4, 0.5) is 9.18 Å². The molecule has 1 saturated heterocycles. The number of rotatable bonds is 5. The molecule has 8 heteroatoms. The number of aliphatic hydroxyl groups is 1. The number of ether oxygens (including phenoxy) is 4. The summed E-state index contributed by atoms with van der Waals surface area (Å²) in [5.74, 6) is -0.307. The van der Waals surface area contributed by atoms with Crippen LogP contribution >= 0.6 is 0 Å². The van der Waals surface area contributed by atoms with E-state index in [0.717, 1.165) is 6.07 Å². The Morgan fingerprint density at radius 2 is 1.85 bits per heavy atom. The molecule has 1 aromatic rings. The van der Waals surface area contributed by atoms with E-state index in [-0.39, 0.29) is 29.3 Å². The number of piperidine rings is 1. The molecule has 1 aromatic carbocycles. The van der Waals surface area contributed by atoms with E-state index in [2.05, 4.69) is 0 Å². The molecule has 1 amide bonds. The molecule has 152 valence electrons. The van der Waals surface area contributed by atoms with Crippen LogP contribution in [0.15, 0.2) is 12.1 Å². The maximum atomic E-state index is 14.4. The molecule has 27 heavy (non-hydrogen) atoms. The predicted octanol–water partition coefficient (Wildman–Crippen LogP) is 3.25. The summed E-state index contributed by atoms with van der Waals surface area (Å²) in [6.07, 6.45) is -0.763. The molecule has 0 aromatic heterocycles. The van der Waals surface area contributed by atoms with E-state index in [0.29, 0.717) is 25.9 Å². The molecule has 0 saturated carbocycles. The lowest BCUT2D eigenvalue weighted by molar-refractivity contribution is -0.0783. The summed E-state index contributed by atoms with van der Waals surface area (Å²) in [5, 5.41) is 9.78. The van der Waals surface area contributed by atoms with Gasteiger partial charge in [-0.25, -0.2) is 9.18 Å². The minimum Gasteiger partial charge on any atom is -0.496 e. The molecule has 1 atom stereocenters. The Kier molecular flexibility index (Phi) is 6.89. The van der Waals surface area contributed by atoms with Gasteiger partial charge in [0.15, 0.2) is 17.9 Å². The highest BCUT2D eigenvalue weighted by molar-refractivity contribution is 5.68. The van der Waals surface area contributed by atoms with Gasteiger partial charge >= 0.3 is 6.09 Å². The summed E-state index contributed by atoms with van der Waals surface area (Å²) in [7, 11) is 2.73. The third-order valence-electron chi connectivity index (χ3n) is 4.16. The third kappa shape index (κ3) is 5.71. The maximum Gasteiger partial charge on any atom is 0.410 e. The van der Waals surface area contributed by atoms with Crippen molar-refractivity contribution in [2.45, 2.75) is 51.6 Å². The second kappa shape index (κ2) is 8.75. The van der Waals surface area contributed by atoms with Gasteiger partial charge in [0.2, 0.25) is 0 Å². The third-order valence-corrected chi connectivity index (χ3v) is 4.16. The van der Waals surface area contributed by atoms with Gasteiger partial charge in [-0.15, -0.1) is 0 Å². The molecule has 1 fully saturated rings. The molecular weight excluding hydrogens is 357 g/mol. The van der Waals surface area contributed by atoms with Crippen LogP contribution in [0.5, 0.6) is 11.5 Å². The highest BCUT2D eigenvalue weighted by atomic mass is 19.1. The highest BCUT2D eigenvalue weighted by Gasteiger charge is 2.28. The van der Waals surface area contributed by atoms with Crippen molar-refractivity contribution in [3.05, 3.63) is 23.5 Å². The smallest absolute Gasteiger partial charge is 0.410 e. The summed E-state index contributed by atoms with van der Waals surface area (Å²) in [5.41, 5.74) is -0.358. The Morgan fingerprint density at radius 1 is 1.22 bits per heavy atom. The first-order valence-electron chi connectivity index (χ1n) is 8.87. The van der Waals surface area contributed by atoms with Crippen LogP contribution in [0.2, 0.25) is 0 Å². The molecule has 0 spiro atoms. The lowest BCUT2D eigenvalue weighted by Gasteiger charge is -2.33. The Hall–Kier alpha value is -2.06. The standard InChI is InChI=1S/C19H28FNO6/c1-19(2,3)27-18(23)21-8-6-12(7-9-21)26-16-11-15(24-4)13(10-14(16)20)17(22)25-5/h10-12,17,22H,6-9H2,1-5H3. The lowest BCUT2D eigenvalue weighted by Crippen LogP contribution is -2.44. The second-order valence-corrected chi connectivity index (χ2v) is 7.40. The molecule has 1 heterocycles. The number of nitrogens with zero attached hydrogens (tertiary/aromatic N) is 1.